The molecule has 2 aromatic rings. The summed E-state index contributed by atoms with van der Waals surface area (Å²) in [4.78, 5) is 14.7. The second kappa shape index (κ2) is 7.04. The van der Waals surface area contributed by atoms with E-state index in [1.54, 1.807) is 6.07 Å². The molecule has 0 atom stereocenters. The van der Waals surface area contributed by atoms with Crippen LogP contribution in [0.1, 0.15) is 15.9 Å². The van der Waals surface area contributed by atoms with E-state index in [-0.39, 0.29) is 5.91 Å². The molecule has 0 aromatic heterocycles. The van der Waals surface area contributed by atoms with Gasteiger partial charge in [-0.3, -0.25) is 4.79 Å². The Kier molecular flexibility index (Phi) is 5.12. The fourth-order valence-corrected chi connectivity index (χ4v) is 2.24. The van der Waals surface area contributed by atoms with Gasteiger partial charge in [0.2, 0.25) is 0 Å². The number of anilines is 2. The first-order chi connectivity index (χ1) is 10.5. The lowest BCUT2D eigenvalue weighted by molar-refractivity contribution is 0.102. The summed E-state index contributed by atoms with van der Waals surface area (Å²) in [6.07, 6.45) is 0.494. The van der Waals surface area contributed by atoms with Crippen LogP contribution >= 0.6 is 12.2 Å². The molecule has 1 amide bonds. The van der Waals surface area contributed by atoms with E-state index in [9.17, 15) is 4.79 Å². The summed E-state index contributed by atoms with van der Waals surface area (Å²) in [5, 5.41) is 2.88. The predicted molar refractivity (Wildman–Crippen MR) is 95.7 cm³/mol. The maximum atomic E-state index is 12.3. The second-order valence-corrected chi connectivity index (χ2v) is 5.76. The SMILES string of the molecule is CN(C)c1ccc(NC(=O)c2cccc(CC(N)=S)c2)cc1. The molecule has 0 aliphatic carbocycles. The number of carbonyl (C=O) groups is 1. The number of hydrogen-bond donors (Lipinski definition) is 2. The van der Waals surface area contributed by atoms with Crippen molar-refractivity contribution in [1.29, 1.82) is 0 Å². The minimum Gasteiger partial charge on any atom is -0.393 e. The van der Waals surface area contributed by atoms with Crippen LogP contribution in [-0.2, 0) is 6.42 Å². The van der Waals surface area contributed by atoms with E-state index in [0.717, 1.165) is 16.9 Å². The minimum atomic E-state index is -0.151. The number of nitrogens with one attached hydrogen (secondary N) is 1. The highest BCUT2D eigenvalue weighted by molar-refractivity contribution is 7.80. The van der Waals surface area contributed by atoms with Gasteiger partial charge in [0, 0.05) is 37.5 Å². The Morgan fingerprint density at radius 3 is 2.45 bits per heavy atom. The highest BCUT2D eigenvalue weighted by atomic mass is 32.1. The largest absolute Gasteiger partial charge is 0.393 e. The van der Waals surface area contributed by atoms with Gasteiger partial charge in [0.05, 0.1) is 4.99 Å². The van der Waals surface area contributed by atoms with Crippen molar-refractivity contribution in [2.75, 3.05) is 24.3 Å². The zero-order valence-electron chi connectivity index (χ0n) is 12.7. The molecule has 2 rings (SSSR count). The van der Waals surface area contributed by atoms with Crippen molar-refractivity contribution in [1.82, 2.24) is 0 Å². The van der Waals surface area contributed by atoms with Gasteiger partial charge in [0.1, 0.15) is 0 Å². The lowest BCUT2D eigenvalue weighted by atomic mass is 10.1. The maximum absolute atomic E-state index is 12.3. The normalized spacial score (nSPS) is 10.1. The van der Waals surface area contributed by atoms with E-state index in [2.05, 4.69) is 5.32 Å². The third-order valence-electron chi connectivity index (χ3n) is 3.21. The molecule has 0 unspecified atom stereocenters. The first kappa shape index (κ1) is 16.0. The molecule has 0 fully saturated rings. The lowest BCUT2D eigenvalue weighted by Gasteiger charge is -2.13. The average Bonchev–Trinajstić information content (AvgIpc) is 2.47. The van der Waals surface area contributed by atoms with Crippen LogP contribution in [0, 0.1) is 0 Å². The molecule has 0 aliphatic rings. The number of nitrogens with zero attached hydrogens (tertiary/aromatic N) is 1. The van der Waals surface area contributed by atoms with Crippen LogP contribution in [0.3, 0.4) is 0 Å². The van der Waals surface area contributed by atoms with Crippen molar-refractivity contribution in [3.05, 3.63) is 59.7 Å². The highest BCUT2D eigenvalue weighted by Gasteiger charge is 2.07. The Morgan fingerprint density at radius 2 is 1.86 bits per heavy atom. The second-order valence-electron chi connectivity index (χ2n) is 5.24. The molecule has 114 valence electrons. The first-order valence-corrected chi connectivity index (χ1v) is 7.32. The molecule has 22 heavy (non-hydrogen) atoms. The summed E-state index contributed by atoms with van der Waals surface area (Å²) in [5.74, 6) is -0.151. The molecule has 3 N–H and O–H groups in total. The van der Waals surface area contributed by atoms with E-state index in [1.807, 2.05) is 61.5 Å². The Labute approximate surface area is 135 Å². The van der Waals surface area contributed by atoms with Gasteiger partial charge < -0.3 is 16.0 Å². The Morgan fingerprint density at radius 1 is 1.18 bits per heavy atom. The fraction of sp³-hybridized carbons (Fsp3) is 0.176. The number of rotatable bonds is 5. The number of carbonyl (C=O) groups excluding carboxylic acids is 1. The number of amides is 1. The molecule has 0 saturated heterocycles. The maximum Gasteiger partial charge on any atom is 0.255 e. The Hall–Kier alpha value is -2.40. The fourth-order valence-electron chi connectivity index (χ4n) is 2.07. The molecule has 0 saturated carbocycles. The molecule has 2 aromatic carbocycles. The molecule has 0 bridgehead atoms. The van der Waals surface area contributed by atoms with Crippen molar-refractivity contribution in [2.24, 2.45) is 5.73 Å². The van der Waals surface area contributed by atoms with Gasteiger partial charge in [-0.1, -0.05) is 24.4 Å². The van der Waals surface area contributed by atoms with E-state index >= 15 is 0 Å². The number of thiocarbonyl (C=S) groups is 1. The first-order valence-electron chi connectivity index (χ1n) is 6.91. The quantitative estimate of drug-likeness (QED) is 0.833. The van der Waals surface area contributed by atoms with Crippen molar-refractivity contribution in [3.8, 4) is 0 Å². The zero-order chi connectivity index (χ0) is 16.1. The van der Waals surface area contributed by atoms with Gasteiger partial charge in [0.15, 0.2) is 0 Å². The number of hydrogen-bond acceptors (Lipinski definition) is 3. The monoisotopic (exact) mass is 313 g/mol. The van der Waals surface area contributed by atoms with Crippen LogP contribution in [-0.4, -0.2) is 25.0 Å². The van der Waals surface area contributed by atoms with Gasteiger partial charge in [0.25, 0.3) is 5.91 Å². The van der Waals surface area contributed by atoms with Crippen LogP contribution in [0.5, 0.6) is 0 Å². The van der Waals surface area contributed by atoms with E-state index in [1.165, 1.54) is 0 Å². The van der Waals surface area contributed by atoms with Crippen LogP contribution in [0.15, 0.2) is 48.5 Å². The predicted octanol–water partition coefficient (Wildman–Crippen LogP) is 2.83. The Balaban J connectivity index is 2.10. The van der Waals surface area contributed by atoms with E-state index in [0.29, 0.717) is 17.0 Å². The zero-order valence-corrected chi connectivity index (χ0v) is 13.5. The standard InChI is InChI=1S/C17H19N3OS/c1-20(2)15-8-6-14(7-9-15)19-17(21)13-5-3-4-12(10-13)11-16(18)22/h3-10H,11H2,1-2H3,(H2,18,22)(H,19,21). The summed E-state index contributed by atoms with van der Waals surface area (Å²) in [5.41, 5.74) is 8.90. The molecule has 4 nitrogen and oxygen atoms in total. The molecule has 0 heterocycles. The summed E-state index contributed by atoms with van der Waals surface area (Å²) in [6.45, 7) is 0. The summed E-state index contributed by atoms with van der Waals surface area (Å²) in [6, 6.07) is 15.0. The molecule has 0 aliphatic heterocycles. The van der Waals surface area contributed by atoms with Gasteiger partial charge in [-0.05, 0) is 42.0 Å². The highest BCUT2D eigenvalue weighted by Crippen LogP contribution is 2.17. The van der Waals surface area contributed by atoms with Gasteiger partial charge in [-0.15, -0.1) is 0 Å². The molecule has 5 heteroatoms. The van der Waals surface area contributed by atoms with E-state index < -0.39 is 0 Å². The van der Waals surface area contributed by atoms with Crippen LogP contribution < -0.4 is 16.0 Å². The lowest BCUT2D eigenvalue weighted by Crippen LogP contribution is -2.14. The van der Waals surface area contributed by atoms with Crippen LogP contribution in [0.4, 0.5) is 11.4 Å². The minimum absolute atomic E-state index is 0.151. The smallest absolute Gasteiger partial charge is 0.255 e. The van der Waals surface area contributed by atoms with Gasteiger partial charge >= 0.3 is 0 Å². The molecule has 0 radical (unpaired) electrons. The third kappa shape index (κ3) is 4.30. The molecular weight excluding hydrogens is 294 g/mol. The average molecular weight is 313 g/mol. The topological polar surface area (TPSA) is 58.4 Å². The van der Waals surface area contributed by atoms with Crippen LogP contribution in [0.2, 0.25) is 0 Å². The number of nitrogens with two attached hydrogens (primary N) is 1. The van der Waals surface area contributed by atoms with Crippen molar-refractivity contribution in [3.63, 3.8) is 0 Å². The summed E-state index contributed by atoms with van der Waals surface area (Å²) >= 11 is 4.90. The summed E-state index contributed by atoms with van der Waals surface area (Å²) < 4.78 is 0. The number of benzene rings is 2. The van der Waals surface area contributed by atoms with Crippen molar-refractivity contribution >= 4 is 34.5 Å². The van der Waals surface area contributed by atoms with Crippen molar-refractivity contribution < 1.29 is 4.79 Å². The van der Waals surface area contributed by atoms with Gasteiger partial charge in [-0.25, -0.2) is 0 Å². The third-order valence-corrected chi connectivity index (χ3v) is 3.35. The molecule has 0 spiro atoms. The van der Waals surface area contributed by atoms with Gasteiger partial charge in [-0.2, -0.15) is 0 Å². The Bertz CT molecular complexity index is 681. The van der Waals surface area contributed by atoms with Crippen LogP contribution in [0.25, 0.3) is 0 Å². The summed E-state index contributed by atoms with van der Waals surface area (Å²) in [7, 11) is 3.95. The van der Waals surface area contributed by atoms with E-state index in [4.69, 9.17) is 18.0 Å². The molecular formula is C17H19N3OS. The van der Waals surface area contributed by atoms with Crippen molar-refractivity contribution in [2.45, 2.75) is 6.42 Å².